The summed E-state index contributed by atoms with van der Waals surface area (Å²) in [5.41, 5.74) is 0. The monoisotopic (exact) mass is 495 g/mol. The molecule has 0 aromatic heterocycles. The lowest BCUT2D eigenvalue weighted by Crippen LogP contribution is -2.35. The summed E-state index contributed by atoms with van der Waals surface area (Å²) in [5, 5.41) is 15.3. The Morgan fingerprint density at radius 2 is 1.77 bits per heavy atom. The van der Waals surface area contributed by atoms with Gasteiger partial charge in [0.2, 0.25) is 0 Å². The molecule has 2 aromatic rings. The molecule has 6 heteroatoms. The molecular formula is C16H20Br3NO2. The third kappa shape index (κ3) is 5.20. The Morgan fingerprint density at radius 3 is 2.41 bits per heavy atom. The Kier molecular flexibility index (Phi) is 8.35. The van der Waals surface area contributed by atoms with E-state index in [-0.39, 0.29) is 23.6 Å². The van der Waals surface area contributed by atoms with Crippen LogP contribution in [0.4, 0.5) is 0 Å². The number of benzene rings is 2. The van der Waals surface area contributed by atoms with E-state index in [9.17, 15) is 5.11 Å². The smallest absolute Gasteiger partial charge is 0.141 e. The van der Waals surface area contributed by atoms with Crippen molar-refractivity contribution in [3.63, 3.8) is 0 Å². The predicted molar refractivity (Wildman–Crippen MR) is 104 cm³/mol. The average molecular weight is 498 g/mol. The van der Waals surface area contributed by atoms with Crippen molar-refractivity contribution in [3.8, 4) is 5.75 Å². The van der Waals surface area contributed by atoms with Gasteiger partial charge in [-0.15, -0.1) is 17.0 Å². The van der Waals surface area contributed by atoms with Crippen LogP contribution in [0.1, 0.15) is 13.8 Å². The van der Waals surface area contributed by atoms with E-state index in [0.717, 1.165) is 25.5 Å². The number of halogens is 3. The normalized spacial score (nSPS) is 12.3. The van der Waals surface area contributed by atoms with Crippen LogP contribution in [0.15, 0.2) is 39.3 Å². The van der Waals surface area contributed by atoms with Gasteiger partial charge in [0, 0.05) is 22.4 Å². The van der Waals surface area contributed by atoms with Crippen molar-refractivity contribution in [2.75, 3.05) is 13.2 Å². The fourth-order valence-corrected chi connectivity index (χ4v) is 3.47. The zero-order valence-electron chi connectivity index (χ0n) is 12.5. The van der Waals surface area contributed by atoms with Crippen molar-refractivity contribution in [3.05, 3.63) is 39.3 Å². The van der Waals surface area contributed by atoms with Gasteiger partial charge in [0.15, 0.2) is 0 Å². The van der Waals surface area contributed by atoms with E-state index >= 15 is 0 Å². The van der Waals surface area contributed by atoms with Crippen molar-refractivity contribution in [2.45, 2.75) is 26.0 Å². The van der Waals surface area contributed by atoms with Crippen molar-refractivity contribution < 1.29 is 9.84 Å². The minimum Gasteiger partial charge on any atom is -0.489 e. The maximum absolute atomic E-state index is 9.96. The molecule has 0 fully saturated rings. The Morgan fingerprint density at radius 1 is 1.14 bits per heavy atom. The fourth-order valence-electron chi connectivity index (χ4n) is 2.03. The summed E-state index contributed by atoms with van der Waals surface area (Å²) in [6.07, 6.45) is -0.540. The van der Waals surface area contributed by atoms with Gasteiger partial charge in [0.1, 0.15) is 18.5 Å². The molecular weight excluding hydrogens is 478 g/mol. The number of aliphatic hydroxyl groups excluding tert-OH is 1. The third-order valence-electron chi connectivity index (χ3n) is 3.08. The molecule has 0 saturated carbocycles. The molecule has 122 valence electrons. The quantitative estimate of drug-likeness (QED) is 0.609. The largest absolute Gasteiger partial charge is 0.489 e. The molecule has 0 radical (unpaired) electrons. The van der Waals surface area contributed by atoms with Gasteiger partial charge in [-0.3, -0.25) is 0 Å². The number of aliphatic hydroxyl groups is 1. The first-order chi connectivity index (χ1) is 9.99. The highest BCUT2D eigenvalue weighted by molar-refractivity contribution is 9.11. The second kappa shape index (κ2) is 9.23. The minimum absolute atomic E-state index is 0. The van der Waals surface area contributed by atoms with E-state index in [1.54, 1.807) is 0 Å². The van der Waals surface area contributed by atoms with Gasteiger partial charge < -0.3 is 15.2 Å². The van der Waals surface area contributed by atoms with E-state index in [2.05, 4.69) is 37.2 Å². The fraction of sp³-hybridized carbons (Fsp3) is 0.375. The maximum Gasteiger partial charge on any atom is 0.141 e. The number of fused-ring (bicyclic) bond motifs is 1. The summed E-state index contributed by atoms with van der Waals surface area (Å²) in [6, 6.07) is 10.3. The topological polar surface area (TPSA) is 41.5 Å². The summed E-state index contributed by atoms with van der Waals surface area (Å²) < 4.78 is 7.73. The maximum atomic E-state index is 9.96. The molecule has 22 heavy (non-hydrogen) atoms. The summed E-state index contributed by atoms with van der Waals surface area (Å²) in [7, 11) is 0. The summed E-state index contributed by atoms with van der Waals surface area (Å²) >= 11 is 7.09. The Hall–Kier alpha value is -0.140. The lowest BCUT2D eigenvalue weighted by Gasteiger charge is -2.17. The minimum atomic E-state index is -0.540. The first-order valence-corrected chi connectivity index (χ1v) is 8.48. The SMILES string of the molecule is Br.CC(C)NCC(O)COc1c(Br)cc(Br)c2ccccc12. The zero-order chi connectivity index (χ0) is 15.4. The molecule has 1 atom stereocenters. The molecule has 3 nitrogen and oxygen atoms in total. The van der Waals surface area contributed by atoms with Gasteiger partial charge in [0.05, 0.1) is 4.47 Å². The van der Waals surface area contributed by atoms with Crippen LogP contribution in [0.5, 0.6) is 5.75 Å². The van der Waals surface area contributed by atoms with Gasteiger partial charge >= 0.3 is 0 Å². The standard InChI is InChI=1S/C16H19Br2NO2.BrH/c1-10(2)19-8-11(20)9-21-16-13-6-4-3-5-12(13)14(17)7-15(16)18;/h3-7,10-11,19-20H,8-9H2,1-2H3;1H. The number of hydrogen-bond donors (Lipinski definition) is 2. The van der Waals surface area contributed by atoms with Crippen molar-refractivity contribution in [1.29, 1.82) is 0 Å². The van der Waals surface area contributed by atoms with E-state index in [4.69, 9.17) is 4.74 Å². The summed E-state index contributed by atoms with van der Waals surface area (Å²) in [4.78, 5) is 0. The summed E-state index contributed by atoms with van der Waals surface area (Å²) in [6.45, 7) is 4.87. The molecule has 0 amide bonds. The molecule has 2 rings (SSSR count). The van der Waals surface area contributed by atoms with Crippen LogP contribution in [0.25, 0.3) is 10.8 Å². The molecule has 0 saturated heterocycles. The number of nitrogens with one attached hydrogen (secondary N) is 1. The highest BCUT2D eigenvalue weighted by Crippen LogP contribution is 2.38. The number of hydrogen-bond acceptors (Lipinski definition) is 3. The van der Waals surface area contributed by atoms with Crippen LogP contribution < -0.4 is 10.1 Å². The zero-order valence-corrected chi connectivity index (χ0v) is 17.4. The van der Waals surface area contributed by atoms with Crippen molar-refractivity contribution in [1.82, 2.24) is 5.32 Å². The van der Waals surface area contributed by atoms with Gasteiger partial charge in [-0.05, 0) is 27.4 Å². The van der Waals surface area contributed by atoms with E-state index in [1.165, 1.54) is 0 Å². The lowest BCUT2D eigenvalue weighted by molar-refractivity contribution is 0.105. The first kappa shape index (κ1) is 19.9. The Balaban J connectivity index is 0.00000242. The molecule has 0 spiro atoms. The van der Waals surface area contributed by atoms with Crippen LogP contribution in [-0.4, -0.2) is 30.4 Å². The second-order valence-corrected chi connectivity index (χ2v) is 6.95. The summed E-state index contributed by atoms with van der Waals surface area (Å²) in [5.74, 6) is 0.761. The van der Waals surface area contributed by atoms with Crippen molar-refractivity contribution >= 4 is 59.6 Å². The lowest BCUT2D eigenvalue weighted by atomic mass is 10.1. The number of rotatable bonds is 6. The molecule has 0 aliphatic carbocycles. The van der Waals surface area contributed by atoms with Crippen LogP contribution in [0.2, 0.25) is 0 Å². The van der Waals surface area contributed by atoms with E-state index < -0.39 is 6.10 Å². The van der Waals surface area contributed by atoms with Crippen molar-refractivity contribution in [2.24, 2.45) is 0 Å². The van der Waals surface area contributed by atoms with E-state index in [1.807, 2.05) is 44.2 Å². The first-order valence-electron chi connectivity index (χ1n) is 6.90. The van der Waals surface area contributed by atoms with Crippen LogP contribution >= 0.6 is 48.8 Å². The van der Waals surface area contributed by atoms with Crippen LogP contribution in [-0.2, 0) is 0 Å². The Labute approximate surface area is 158 Å². The molecule has 2 aromatic carbocycles. The van der Waals surface area contributed by atoms with Gasteiger partial charge in [0.25, 0.3) is 0 Å². The second-order valence-electron chi connectivity index (χ2n) is 5.24. The van der Waals surface area contributed by atoms with Gasteiger partial charge in [-0.25, -0.2) is 0 Å². The van der Waals surface area contributed by atoms with Gasteiger partial charge in [-0.1, -0.05) is 54.0 Å². The highest BCUT2D eigenvalue weighted by Gasteiger charge is 2.13. The Bertz CT molecular complexity index is 620. The molecule has 0 aliphatic rings. The highest BCUT2D eigenvalue weighted by atomic mass is 79.9. The number of ether oxygens (including phenoxy) is 1. The molecule has 2 N–H and O–H groups in total. The van der Waals surface area contributed by atoms with Gasteiger partial charge in [-0.2, -0.15) is 0 Å². The third-order valence-corrected chi connectivity index (χ3v) is 4.33. The average Bonchev–Trinajstić information content (AvgIpc) is 2.45. The predicted octanol–water partition coefficient (Wildman–Crippen LogP) is 4.68. The van der Waals surface area contributed by atoms with Crippen LogP contribution in [0, 0.1) is 0 Å². The molecule has 0 heterocycles. The van der Waals surface area contributed by atoms with E-state index in [0.29, 0.717) is 12.6 Å². The molecule has 1 unspecified atom stereocenters. The molecule has 0 aliphatic heterocycles. The molecule has 0 bridgehead atoms. The van der Waals surface area contributed by atoms with Crippen LogP contribution in [0.3, 0.4) is 0 Å².